The van der Waals surface area contributed by atoms with E-state index in [0.717, 1.165) is 11.4 Å². The van der Waals surface area contributed by atoms with Crippen LogP contribution in [0, 0.1) is 23.2 Å². The second-order valence-corrected chi connectivity index (χ2v) is 9.48. The Morgan fingerprint density at radius 3 is 2.63 bits per heavy atom. The Labute approximate surface area is 211 Å². The van der Waals surface area contributed by atoms with Crippen LogP contribution in [0.5, 0.6) is 0 Å². The molecule has 184 valence electrons. The number of ether oxygens (including phenoxy) is 1. The van der Waals surface area contributed by atoms with Gasteiger partial charge in [0.25, 0.3) is 0 Å². The minimum atomic E-state index is -0.436. The third-order valence-corrected chi connectivity index (χ3v) is 7.27. The summed E-state index contributed by atoms with van der Waals surface area (Å²) in [6.45, 7) is 4.03. The molecular weight excluding hydrogens is 466 g/mol. The number of hydrogen-bond acceptors (Lipinski definition) is 6. The van der Waals surface area contributed by atoms with Crippen LogP contribution in [-0.2, 0) is 9.53 Å². The fourth-order valence-corrected chi connectivity index (χ4v) is 5.25. The summed E-state index contributed by atoms with van der Waals surface area (Å²) in [6.07, 6.45) is 1.90. The van der Waals surface area contributed by atoms with Gasteiger partial charge in [0.05, 0.1) is 30.6 Å². The highest BCUT2D eigenvalue weighted by Crippen LogP contribution is 2.35. The Morgan fingerprint density at radius 2 is 1.97 bits per heavy atom. The molecule has 2 amide bonds. The highest BCUT2D eigenvalue weighted by atomic mass is 35.5. The number of aromatic nitrogens is 1. The summed E-state index contributed by atoms with van der Waals surface area (Å²) < 4.78 is 5.23. The van der Waals surface area contributed by atoms with Crippen LogP contribution in [0.25, 0.3) is 0 Å². The van der Waals surface area contributed by atoms with Crippen molar-refractivity contribution >= 4 is 29.4 Å². The van der Waals surface area contributed by atoms with Crippen molar-refractivity contribution in [1.82, 2.24) is 14.8 Å². The van der Waals surface area contributed by atoms with Crippen LogP contribution in [0.2, 0.25) is 5.02 Å². The van der Waals surface area contributed by atoms with Crippen molar-refractivity contribution in [3.63, 3.8) is 0 Å². The summed E-state index contributed by atoms with van der Waals surface area (Å²) >= 11 is 6.09. The topological polar surface area (TPSA) is 89.8 Å². The Balaban J connectivity index is 1.52. The molecule has 8 nitrogen and oxygen atoms in total. The van der Waals surface area contributed by atoms with E-state index in [-0.39, 0.29) is 24.5 Å². The molecule has 0 bridgehead atoms. The molecular formula is C26H30ClN5O3. The van der Waals surface area contributed by atoms with E-state index >= 15 is 0 Å². The van der Waals surface area contributed by atoms with Gasteiger partial charge in [-0.3, -0.25) is 4.79 Å². The second-order valence-electron chi connectivity index (χ2n) is 9.04. The van der Waals surface area contributed by atoms with E-state index in [0.29, 0.717) is 37.6 Å². The molecule has 9 heteroatoms. The number of hydrogen-bond donors (Lipinski definition) is 0. The molecule has 1 aromatic carbocycles. The minimum absolute atomic E-state index is 0.0315. The highest BCUT2D eigenvalue weighted by molar-refractivity contribution is 6.30. The van der Waals surface area contributed by atoms with Gasteiger partial charge in [0.1, 0.15) is 5.82 Å². The van der Waals surface area contributed by atoms with E-state index in [2.05, 4.69) is 16.0 Å². The zero-order valence-corrected chi connectivity index (χ0v) is 20.8. The van der Waals surface area contributed by atoms with Gasteiger partial charge in [-0.1, -0.05) is 29.8 Å². The van der Waals surface area contributed by atoms with Crippen molar-refractivity contribution in [2.75, 3.05) is 44.7 Å². The van der Waals surface area contributed by atoms with Gasteiger partial charge in [-0.15, -0.1) is 0 Å². The Bertz CT molecular complexity index is 1070. The number of nitrogens with zero attached hydrogens (tertiary/aromatic N) is 5. The van der Waals surface area contributed by atoms with Gasteiger partial charge in [-0.2, -0.15) is 5.26 Å². The number of likely N-dealkylation sites (tertiary alicyclic amines) is 1. The van der Waals surface area contributed by atoms with Crippen LogP contribution in [0.1, 0.15) is 24.8 Å². The maximum Gasteiger partial charge on any atom is 0.409 e. The molecule has 3 heterocycles. The van der Waals surface area contributed by atoms with Crippen LogP contribution < -0.4 is 4.90 Å². The molecule has 2 saturated heterocycles. The SMILES string of the molecule is CCOC(=O)N(C)[C@@H]1CN(C(=O)C2CCN(c3ccccn3)CC2C#N)C[C@H]1c1ccc(Cl)cc1. The molecule has 0 aliphatic carbocycles. The molecule has 0 saturated carbocycles. The molecule has 2 fully saturated rings. The molecule has 2 aliphatic rings. The van der Waals surface area contributed by atoms with Gasteiger partial charge in [0.2, 0.25) is 5.91 Å². The van der Waals surface area contributed by atoms with E-state index in [1.54, 1.807) is 25.1 Å². The summed E-state index contributed by atoms with van der Waals surface area (Å²) in [5.41, 5.74) is 1.01. The average Bonchev–Trinajstić information content (AvgIpc) is 3.34. The second kappa shape index (κ2) is 11.0. The molecule has 4 atom stereocenters. The largest absolute Gasteiger partial charge is 0.450 e. The normalized spacial score (nSPS) is 24.1. The quantitative estimate of drug-likeness (QED) is 0.627. The first-order valence-electron chi connectivity index (χ1n) is 11.9. The van der Waals surface area contributed by atoms with Crippen molar-refractivity contribution in [2.45, 2.75) is 25.3 Å². The molecule has 2 unspecified atom stereocenters. The maximum absolute atomic E-state index is 13.7. The standard InChI is InChI=1S/C26H30ClN5O3/c1-3-35-26(34)30(2)23-17-32(16-22(23)18-7-9-20(27)10-8-18)25(33)21-11-13-31(15-19(21)14-28)24-6-4-5-12-29-24/h4-10,12,19,21-23H,3,11,13,15-17H2,1-2H3/t19?,21?,22-,23+/m0/s1. The van der Waals surface area contributed by atoms with Gasteiger partial charge in [-0.25, -0.2) is 9.78 Å². The number of nitriles is 1. The monoisotopic (exact) mass is 495 g/mol. The van der Waals surface area contributed by atoms with Crippen molar-refractivity contribution in [3.05, 3.63) is 59.2 Å². The van der Waals surface area contributed by atoms with Crippen LogP contribution in [0.3, 0.4) is 0 Å². The third-order valence-electron chi connectivity index (χ3n) is 7.02. The number of pyridine rings is 1. The molecule has 4 rings (SSSR count). The zero-order chi connectivity index (χ0) is 24.9. The van der Waals surface area contributed by atoms with Crippen molar-refractivity contribution in [3.8, 4) is 6.07 Å². The predicted molar refractivity (Wildman–Crippen MR) is 133 cm³/mol. The summed E-state index contributed by atoms with van der Waals surface area (Å²) in [4.78, 5) is 36.1. The van der Waals surface area contributed by atoms with E-state index in [9.17, 15) is 14.9 Å². The number of rotatable bonds is 5. The van der Waals surface area contributed by atoms with E-state index in [4.69, 9.17) is 16.3 Å². The van der Waals surface area contributed by atoms with Crippen molar-refractivity contribution in [2.24, 2.45) is 11.8 Å². The summed E-state index contributed by atoms with van der Waals surface area (Å²) in [6, 6.07) is 15.3. The fraction of sp³-hybridized carbons (Fsp3) is 0.462. The first-order valence-corrected chi connectivity index (χ1v) is 12.3. The zero-order valence-electron chi connectivity index (χ0n) is 20.0. The summed E-state index contributed by atoms with van der Waals surface area (Å²) in [5, 5.41) is 10.5. The van der Waals surface area contributed by atoms with Crippen LogP contribution >= 0.6 is 11.6 Å². The molecule has 2 aromatic rings. The Morgan fingerprint density at radius 1 is 1.20 bits per heavy atom. The van der Waals surface area contributed by atoms with E-state index in [1.165, 1.54) is 0 Å². The molecule has 1 aromatic heterocycles. The van der Waals surface area contributed by atoms with Crippen LogP contribution in [0.15, 0.2) is 48.7 Å². The van der Waals surface area contributed by atoms with Gasteiger partial charge in [0, 0.05) is 50.4 Å². The number of piperidine rings is 1. The number of anilines is 1. The molecule has 0 spiro atoms. The van der Waals surface area contributed by atoms with Gasteiger partial charge >= 0.3 is 6.09 Å². The van der Waals surface area contributed by atoms with Gasteiger partial charge in [-0.05, 0) is 43.2 Å². The summed E-state index contributed by atoms with van der Waals surface area (Å²) in [5.74, 6) is -0.124. The Hall–Kier alpha value is -3.31. The van der Waals surface area contributed by atoms with Gasteiger partial charge in [0.15, 0.2) is 0 Å². The highest BCUT2D eigenvalue weighted by Gasteiger charge is 2.44. The number of amides is 2. The maximum atomic E-state index is 13.7. The fourth-order valence-electron chi connectivity index (χ4n) is 5.12. The predicted octanol–water partition coefficient (Wildman–Crippen LogP) is 3.78. The first-order chi connectivity index (χ1) is 16.9. The van der Waals surface area contributed by atoms with Crippen molar-refractivity contribution < 1.29 is 14.3 Å². The number of benzene rings is 1. The molecule has 0 radical (unpaired) electrons. The third kappa shape index (κ3) is 5.35. The number of carbonyl (C=O) groups is 2. The molecule has 35 heavy (non-hydrogen) atoms. The lowest BCUT2D eigenvalue weighted by molar-refractivity contribution is -0.136. The first kappa shape index (κ1) is 24.8. The number of likely N-dealkylation sites (N-methyl/N-ethyl adjacent to an activating group) is 1. The lowest BCUT2D eigenvalue weighted by Crippen LogP contribution is -2.48. The van der Waals surface area contributed by atoms with Crippen LogP contribution in [-0.4, -0.2) is 72.7 Å². The number of carbonyl (C=O) groups excluding carboxylic acids is 2. The lowest BCUT2D eigenvalue weighted by atomic mass is 9.85. The minimum Gasteiger partial charge on any atom is -0.450 e. The Kier molecular flexibility index (Phi) is 7.76. The molecule has 2 aliphatic heterocycles. The van der Waals surface area contributed by atoms with E-state index in [1.807, 2.05) is 47.4 Å². The van der Waals surface area contributed by atoms with Crippen LogP contribution in [0.4, 0.5) is 10.6 Å². The van der Waals surface area contributed by atoms with Gasteiger partial charge < -0.3 is 19.4 Å². The smallest absolute Gasteiger partial charge is 0.409 e. The average molecular weight is 496 g/mol. The van der Waals surface area contributed by atoms with Crippen molar-refractivity contribution in [1.29, 1.82) is 5.26 Å². The number of halogens is 1. The molecule has 0 N–H and O–H groups in total. The summed E-state index contributed by atoms with van der Waals surface area (Å²) in [7, 11) is 1.71. The lowest BCUT2D eigenvalue weighted by Gasteiger charge is -2.37. The van der Waals surface area contributed by atoms with E-state index < -0.39 is 17.9 Å².